The maximum absolute atomic E-state index is 11.9. The van der Waals surface area contributed by atoms with Crippen LogP contribution < -0.4 is 4.74 Å². The highest BCUT2D eigenvalue weighted by atomic mass is 16.6. The Morgan fingerprint density at radius 3 is 2.57 bits per heavy atom. The Hall–Kier alpha value is -2.41. The second-order valence-corrected chi connectivity index (χ2v) is 6.39. The van der Waals surface area contributed by atoms with E-state index in [-0.39, 0.29) is 6.61 Å². The molecule has 0 fully saturated rings. The van der Waals surface area contributed by atoms with Gasteiger partial charge in [0.25, 0.3) is 0 Å². The predicted molar refractivity (Wildman–Crippen MR) is 83.3 cm³/mol. The standard InChI is InChI=1S/C16H21N3O4/c1-15(2,3)23-14(20)16(4,21)10-22-12-5-6-13(18-9-12)19-8-7-17-11-19/h5-9,11,21H,10H2,1-4H3/t16-/m0/s1. The van der Waals surface area contributed by atoms with Crippen LogP contribution in [0, 0.1) is 0 Å². The minimum atomic E-state index is -1.74. The number of nitrogens with zero attached hydrogens (tertiary/aromatic N) is 3. The average molecular weight is 319 g/mol. The summed E-state index contributed by atoms with van der Waals surface area (Å²) in [6.45, 7) is 6.34. The smallest absolute Gasteiger partial charge is 0.341 e. The van der Waals surface area contributed by atoms with E-state index in [9.17, 15) is 9.90 Å². The maximum Gasteiger partial charge on any atom is 0.341 e. The quantitative estimate of drug-likeness (QED) is 0.845. The number of hydrogen-bond acceptors (Lipinski definition) is 6. The fourth-order valence-corrected chi connectivity index (χ4v) is 1.68. The van der Waals surface area contributed by atoms with Crippen LogP contribution in [0.5, 0.6) is 5.75 Å². The molecule has 124 valence electrons. The molecule has 0 radical (unpaired) electrons. The molecule has 0 aliphatic rings. The largest absolute Gasteiger partial charge is 0.488 e. The number of hydrogen-bond donors (Lipinski definition) is 1. The number of carbonyl (C=O) groups is 1. The molecular weight excluding hydrogens is 298 g/mol. The number of pyridine rings is 1. The lowest BCUT2D eigenvalue weighted by molar-refractivity contribution is -0.178. The first-order chi connectivity index (χ1) is 10.7. The zero-order valence-electron chi connectivity index (χ0n) is 13.7. The molecule has 2 aromatic rings. The van der Waals surface area contributed by atoms with Crippen molar-refractivity contribution in [1.29, 1.82) is 0 Å². The second kappa shape index (κ2) is 6.37. The number of ether oxygens (including phenoxy) is 2. The Morgan fingerprint density at radius 2 is 2.04 bits per heavy atom. The molecule has 0 amide bonds. The lowest BCUT2D eigenvalue weighted by Gasteiger charge is -2.27. The van der Waals surface area contributed by atoms with Crippen molar-refractivity contribution in [3.63, 3.8) is 0 Å². The Morgan fingerprint density at radius 1 is 1.30 bits per heavy atom. The summed E-state index contributed by atoms with van der Waals surface area (Å²) in [5, 5.41) is 10.2. The molecule has 1 N–H and O–H groups in total. The highest BCUT2D eigenvalue weighted by Crippen LogP contribution is 2.17. The van der Waals surface area contributed by atoms with Gasteiger partial charge in [0.05, 0.1) is 6.20 Å². The molecule has 0 bridgehead atoms. The summed E-state index contributed by atoms with van der Waals surface area (Å²) >= 11 is 0. The van der Waals surface area contributed by atoms with Crippen LogP contribution in [0.2, 0.25) is 0 Å². The summed E-state index contributed by atoms with van der Waals surface area (Å²) in [5.74, 6) is 0.402. The molecule has 2 rings (SSSR count). The van der Waals surface area contributed by atoms with E-state index in [2.05, 4.69) is 9.97 Å². The van der Waals surface area contributed by atoms with Crippen LogP contribution in [0.4, 0.5) is 0 Å². The Balaban J connectivity index is 1.96. The van der Waals surface area contributed by atoms with Gasteiger partial charge in [-0.25, -0.2) is 14.8 Å². The minimum absolute atomic E-state index is 0.228. The van der Waals surface area contributed by atoms with E-state index in [0.717, 1.165) is 0 Å². The summed E-state index contributed by atoms with van der Waals surface area (Å²) < 4.78 is 12.4. The first kappa shape index (κ1) is 17.0. The van der Waals surface area contributed by atoms with Gasteiger partial charge in [-0.3, -0.25) is 4.57 Å². The molecule has 1 atom stereocenters. The van der Waals surface area contributed by atoms with Crippen LogP contribution in [0.15, 0.2) is 37.1 Å². The number of aromatic nitrogens is 3. The minimum Gasteiger partial charge on any atom is -0.488 e. The Kier molecular flexibility index (Phi) is 4.70. The predicted octanol–water partition coefficient (Wildman–Crippen LogP) is 1.74. The first-order valence-corrected chi connectivity index (χ1v) is 7.20. The van der Waals surface area contributed by atoms with Gasteiger partial charge in [0, 0.05) is 12.4 Å². The summed E-state index contributed by atoms with van der Waals surface area (Å²) in [6.07, 6.45) is 6.58. The monoisotopic (exact) mass is 319 g/mol. The van der Waals surface area contributed by atoms with E-state index in [0.29, 0.717) is 11.6 Å². The molecule has 0 aromatic carbocycles. The summed E-state index contributed by atoms with van der Waals surface area (Å²) in [5.41, 5.74) is -2.41. The van der Waals surface area contributed by atoms with Crippen LogP contribution in [-0.4, -0.2) is 43.4 Å². The molecule has 7 heteroatoms. The van der Waals surface area contributed by atoms with E-state index in [1.165, 1.54) is 13.1 Å². The van der Waals surface area contributed by atoms with Crippen molar-refractivity contribution >= 4 is 5.97 Å². The van der Waals surface area contributed by atoms with Gasteiger partial charge in [-0.15, -0.1) is 0 Å². The number of aliphatic hydroxyl groups is 1. The van der Waals surface area contributed by atoms with E-state index >= 15 is 0 Å². The molecule has 0 unspecified atom stereocenters. The van der Waals surface area contributed by atoms with E-state index < -0.39 is 17.2 Å². The lowest BCUT2D eigenvalue weighted by Crippen LogP contribution is -2.45. The van der Waals surface area contributed by atoms with Gasteiger partial charge in [0.1, 0.15) is 30.1 Å². The second-order valence-electron chi connectivity index (χ2n) is 6.39. The van der Waals surface area contributed by atoms with E-state index in [4.69, 9.17) is 9.47 Å². The number of imidazole rings is 1. The Bertz CT molecular complexity index is 643. The van der Waals surface area contributed by atoms with Gasteiger partial charge in [-0.1, -0.05) is 0 Å². The number of carbonyl (C=O) groups excluding carboxylic acids is 1. The van der Waals surface area contributed by atoms with Crippen molar-refractivity contribution in [2.45, 2.75) is 38.9 Å². The first-order valence-electron chi connectivity index (χ1n) is 7.20. The lowest BCUT2D eigenvalue weighted by atomic mass is 10.1. The molecule has 0 spiro atoms. The zero-order chi connectivity index (χ0) is 17.1. The number of rotatable bonds is 5. The van der Waals surface area contributed by atoms with E-state index in [1.807, 2.05) is 0 Å². The molecule has 0 saturated heterocycles. The third kappa shape index (κ3) is 4.79. The molecule has 0 saturated carbocycles. The maximum atomic E-state index is 11.9. The summed E-state index contributed by atoms with van der Waals surface area (Å²) in [7, 11) is 0. The molecule has 2 aromatic heterocycles. The van der Waals surface area contributed by atoms with Crippen LogP contribution >= 0.6 is 0 Å². The molecule has 7 nitrogen and oxygen atoms in total. The van der Waals surface area contributed by atoms with Crippen molar-refractivity contribution in [3.05, 3.63) is 37.1 Å². The van der Waals surface area contributed by atoms with Gasteiger partial charge >= 0.3 is 5.97 Å². The SMILES string of the molecule is CC(C)(C)OC(=O)[C@@](C)(O)COc1ccc(-n2ccnc2)nc1. The normalized spacial score (nSPS) is 14.1. The fourth-order valence-electron chi connectivity index (χ4n) is 1.68. The van der Waals surface area contributed by atoms with E-state index in [1.54, 1.807) is 56.2 Å². The fraction of sp³-hybridized carbons (Fsp3) is 0.438. The third-order valence-electron chi connectivity index (χ3n) is 2.85. The number of esters is 1. The highest BCUT2D eigenvalue weighted by molar-refractivity contribution is 5.79. The topological polar surface area (TPSA) is 86.5 Å². The van der Waals surface area contributed by atoms with Gasteiger partial charge < -0.3 is 14.6 Å². The average Bonchev–Trinajstić information content (AvgIpc) is 2.98. The van der Waals surface area contributed by atoms with Crippen LogP contribution in [0.3, 0.4) is 0 Å². The molecule has 23 heavy (non-hydrogen) atoms. The van der Waals surface area contributed by atoms with Gasteiger partial charge in [-0.2, -0.15) is 0 Å². The van der Waals surface area contributed by atoms with Gasteiger partial charge in [0.2, 0.25) is 0 Å². The van der Waals surface area contributed by atoms with Gasteiger partial charge in [0.15, 0.2) is 5.60 Å². The van der Waals surface area contributed by atoms with Gasteiger partial charge in [-0.05, 0) is 39.8 Å². The third-order valence-corrected chi connectivity index (χ3v) is 2.85. The van der Waals surface area contributed by atoms with Crippen LogP contribution in [0.1, 0.15) is 27.7 Å². The van der Waals surface area contributed by atoms with Crippen LogP contribution in [-0.2, 0) is 9.53 Å². The zero-order valence-corrected chi connectivity index (χ0v) is 13.7. The summed E-state index contributed by atoms with van der Waals surface area (Å²) in [6, 6.07) is 3.45. The molecule has 2 heterocycles. The molecule has 0 aliphatic carbocycles. The summed E-state index contributed by atoms with van der Waals surface area (Å²) in [4.78, 5) is 20.1. The molecular formula is C16H21N3O4. The highest BCUT2D eigenvalue weighted by Gasteiger charge is 2.36. The van der Waals surface area contributed by atoms with Crippen molar-refractivity contribution in [1.82, 2.24) is 14.5 Å². The van der Waals surface area contributed by atoms with Crippen molar-refractivity contribution in [2.75, 3.05) is 6.61 Å². The Labute approximate surface area is 134 Å². The van der Waals surface area contributed by atoms with Crippen molar-refractivity contribution < 1.29 is 19.4 Å². The van der Waals surface area contributed by atoms with Crippen LogP contribution in [0.25, 0.3) is 5.82 Å². The molecule has 0 aliphatic heterocycles. The van der Waals surface area contributed by atoms with Crippen molar-refractivity contribution in [3.8, 4) is 11.6 Å². The van der Waals surface area contributed by atoms with Crippen molar-refractivity contribution in [2.24, 2.45) is 0 Å².